The predicted molar refractivity (Wildman–Crippen MR) is 93.6 cm³/mol. The lowest BCUT2D eigenvalue weighted by Gasteiger charge is -2.16. The minimum absolute atomic E-state index is 0.166. The summed E-state index contributed by atoms with van der Waals surface area (Å²) in [6.07, 6.45) is 0. The van der Waals surface area contributed by atoms with Gasteiger partial charge in [-0.25, -0.2) is 4.79 Å². The number of esters is 1. The van der Waals surface area contributed by atoms with Crippen LogP contribution in [0.25, 0.3) is 0 Å². The topological polar surface area (TPSA) is 38.3 Å². The van der Waals surface area contributed by atoms with Gasteiger partial charge in [0.25, 0.3) is 0 Å². The Hall–Kier alpha value is -1.56. The quantitative estimate of drug-likeness (QED) is 0.592. The third-order valence-electron chi connectivity index (χ3n) is 3.13. The molecule has 110 valence electrons. The molecule has 0 spiro atoms. The van der Waals surface area contributed by atoms with Crippen LogP contribution in [0.15, 0.2) is 48.5 Å². The summed E-state index contributed by atoms with van der Waals surface area (Å²) < 4.78 is 6.23. The fourth-order valence-electron chi connectivity index (χ4n) is 2.04. The van der Waals surface area contributed by atoms with Crippen LogP contribution in [0.1, 0.15) is 35.8 Å². The van der Waals surface area contributed by atoms with E-state index in [4.69, 9.17) is 4.74 Å². The van der Waals surface area contributed by atoms with Crippen LogP contribution in [0.2, 0.25) is 0 Å². The van der Waals surface area contributed by atoms with E-state index < -0.39 is 0 Å². The zero-order valence-electron chi connectivity index (χ0n) is 12.1. The molecule has 1 unspecified atom stereocenters. The third kappa shape index (κ3) is 4.46. The second-order valence-corrected chi connectivity index (χ2v) is 5.96. The van der Waals surface area contributed by atoms with E-state index >= 15 is 0 Å². The molecular weight excluding hydrogens is 377 g/mol. The summed E-state index contributed by atoms with van der Waals surface area (Å²) in [5.74, 6) is -0.289. The van der Waals surface area contributed by atoms with Gasteiger partial charge in [-0.05, 0) is 72.3 Å². The summed E-state index contributed by atoms with van der Waals surface area (Å²) in [6.45, 7) is 4.29. The molecule has 0 bridgehead atoms. The molecule has 2 aromatic rings. The molecule has 2 aromatic carbocycles. The number of anilines is 1. The van der Waals surface area contributed by atoms with Crippen molar-refractivity contribution in [2.45, 2.75) is 19.9 Å². The first-order valence-corrected chi connectivity index (χ1v) is 7.97. The van der Waals surface area contributed by atoms with E-state index in [-0.39, 0.29) is 12.0 Å². The second-order valence-electron chi connectivity index (χ2n) is 4.72. The third-order valence-corrected chi connectivity index (χ3v) is 3.85. The average Bonchev–Trinajstić information content (AvgIpc) is 2.48. The van der Waals surface area contributed by atoms with Crippen LogP contribution < -0.4 is 5.32 Å². The summed E-state index contributed by atoms with van der Waals surface area (Å²) in [7, 11) is 0. The normalized spacial score (nSPS) is 11.8. The first-order valence-electron chi connectivity index (χ1n) is 6.89. The molecule has 21 heavy (non-hydrogen) atoms. The largest absolute Gasteiger partial charge is 0.462 e. The molecule has 0 aliphatic carbocycles. The molecule has 0 aromatic heterocycles. The highest BCUT2D eigenvalue weighted by Crippen LogP contribution is 2.21. The minimum atomic E-state index is -0.289. The first kappa shape index (κ1) is 15.8. The molecule has 2 rings (SSSR count). The van der Waals surface area contributed by atoms with E-state index in [1.54, 1.807) is 13.0 Å². The summed E-state index contributed by atoms with van der Waals surface area (Å²) in [6, 6.07) is 15.9. The number of hydrogen-bond acceptors (Lipinski definition) is 3. The number of halogens is 1. The number of nitrogens with one attached hydrogen (secondary N) is 1. The van der Waals surface area contributed by atoms with Crippen molar-refractivity contribution in [1.82, 2.24) is 0 Å². The first-order chi connectivity index (χ1) is 10.1. The Kier molecular flexibility index (Phi) is 5.61. The Labute approximate surface area is 138 Å². The SMILES string of the molecule is CCOC(=O)c1cccc(NC(C)c2ccc(I)cc2)c1. The van der Waals surface area contributed by atoms with Crippen molar-refractivity contribution in [3.05, 3.63) is 63.2 Å². The zero-order chi connectivity index (χ0) is 15.2. The van der Waals surface area contributed by atoms with Gasteiger partial charge in [0.1, 0.15) is 0 Å². The van der Waals surface area contributed by atoms with Gasteiger partial charge in [0.05, 0.1) is 12.2 Å². The molecule has 3 nitrogen and oxygen atoms in total. The van der Waals surface area contributed by atoms with E-state index in [1.165, 1.54) is 9.13 Å². The lowest BCUT2D eigenvalue weighted by Crippen LogP contribution is -2.08. The Bertz CT molecular complexity index is 610. The van der Waals surface area contributed by atoms with Crippen LogP contribution in [0.5, 0.6) is 0 Å². The van der Waals surface area contributed by atoms with Gasteiger partial charge in [-0.1, -0.05) is 18.2 Å². The number of carbonyl (C=O) groups excluding carboxylic acids is 1. The molecule has 0 heterocycles. The maximum Gasteiger partial charge on any atom is 0.338 e. The predicted octanol–water partition coefficient (Wildman–Crippen LogP) is 4.64. The van der Waals surface area contributed by atoms with Gasteiger partial charge in [0.15, 0.2) is 0 Å². The van der Waals surface area contributed by atoms with Gasteiger partial charge >= 0.3 is 5.97 Å². The number of benzene rings is 2. The number of rotatable bonds is 5. The second kappa shape index (κ2) is 7.45. The van der Waals surface area contributed by atoms with Crippen molar-refractivity contribution in [2.75, 3.05) is 11.9 Å². The lowest BCUT2D eigenvalue weighted by molar-refractivity contribution is 0.0526. The Morgan fingerprint density at radius 3 is 2.62 bits per heavy atom. The molecule has 0 aliphatic rings. The molecule has 0 radical (unpaired) electrons. The fourth-order valence-corrected chi connectivity index (χ4v) is 2.39. The van der Waals surface area contributed by atoms with E-state index in [2.05, 4.69) is 59.1 Å². The number of hydrogen-bond donors (Lipinski definition) is 1. The zero-order valence-corrected chi connectivity index (χ0v) is 14.3. The highest BCUT2D eigenvalue weighted by atomic mass is 127. The van der Waals surface area contributed by atoms with Crippen LogP contribution in [-0.2, 0) is 4.74 Å². The molecule has 0 aliphatic heterocycles. The average molecular weight is 395 g/mol. The minimum Gasteiger partial charge on any atom is -0.462 e. The molecule has 1 atom stereocenters. The Balaban J connectivity index is 2.10. The van der Waals surface area contributed by atoms with Crippen molar-refractivity contribution < 1.29 is 9.53 Å². The number of ether oxygens (including phenoxy) is 1. The van der Waals surface area contributed by atoms with E-state index in [1.807, 2.05) is 18.2 Å². The van der Waals surface area contributed by atoms with Crippen molar-refractivity contribution in [1.29, 1.82) is 0 Å². The number of carbonyl (C=O) groups is 1. The molecule has 0 saturated carbocycles. The van der Waals surface area contributed by atoms with Crippen molar-refractivity contribution in [2.24, 2.45) is 0 Å². The van der Waals surface area contributed by atoms with Crippen LogP contribution in [0.3, 0.4) is 0 Å². The summed E-state index contributed by atoms with van der Waals surface area (Å²) >= 11 is 2.29. The molecule has 0 fully saturated rings. The maximum absolute atomic E-state index is 11.7. The lowest BCUT2D eigenvalue weighted by atomic mass is 10.1. The van der Waals surface area contributed by atoms with Crippen molar-refractivity contribution >= 4 is 34.2 Å². The highest BCUT2D eigenvalue weighted by molar-refractivity contribution is 14.1. The highest BCUT2D eigenvalue weighted by Gasteiger charge is 2.09. The van der Waals surface area contributed by atoms with Gasteiger partial charge in [0, 0.05) is 15.3 Å². The van der Waals surface area contributed by atoms with Crippen LogP contribution in [-0.4, -0.2) is 12.6 Å². The van der Waals surface area contributed by atoms with Gasteiger partial charge < -0.3 is 10.1 Å². The smallest absolute Gasteiger partial charge is 0.338 e. The van der Waals surface area contributed by atoms with E-state index in [0.717, 1.165) is 5.69 Å². The van der Waals surface area contributed by atoms with Gasteiger partial charge in [0.2, 0.25) is 0 Å². The Morgan fingerprint density at radius 2 is 1.95 bits per heavy atom. The van der Waals surface area contributed by atoms with Crippen LogP contribution in [0.4, 0.5) is 5.69 Å². The molecule has 1 N–H and O–H groups in total. The molecule has 0 amide bonds. The summed E-state index contributed by atoms with van der Waals surface area (Å²) in [5, 5.41) is 3.40. The van der Waals surface area contributed by atoms with Crippen LogP contribution >= 0.6 is 22.6 Å². The summed E-state index contributed by atoms with van der Waals surface area (Å²) in [5.41, 5.74) is 2.68. The maximum atomic E-state index is 11.7. The fraction of sp³-hybridized carbons (Fsp3) is 0.235. The van der Waals surface area contributed by atoms with Crippen molar-refractivity contribution in [3.63, 3.8) is 0 Å². The summed E-state index contributed by atoms with van der Waals surface area (Å²) in [4.78, 5) is 11.7. The molecular formula is C17H18INO2. The van der Waals surface area contributed by atoms with Gasteiger partial charge in [-0.3, -0.25) is 0 Å². The van der Waals surface area contributed by atoms with Gasteiger partial charge in [-0.15, -0.1) is 0 Å². The van der Waals surface area contributed by atoms with E-state index in [9.17, 15) is 4.79 Å². The standard InChI is InChI=1S/C17H18INO2/c1-3-21-17(20)14-5-4-6-16(11-14)19-12(2)13-7-9-15(18)10-8-13/h4-12,19H,3H2,1-2H3. The van der Waals surface area contributed by atoms with Gasteiger partial charge in [-0.2, -0.15) is 0 Å². The Morgan fingerprint density at radius 1 is 1.24 bits per heavy atom. The molecule has 0 saturated heterocycles. The van der Waals surface area contributed by atoms with Crippen LogP contribution in [0, 0.1) is 3.57 Å². The van der Waals surface area contributed by atoms with E-state index in [0.29, 0.717) is 12.2 Å². The van der Waals surface area contributed by atoms with Crippen molar-refractivity contribution in [3.8, 4) is 0 Å². The molecule has 4 heteroatoms. The monoisotopic (exact) mass is 395 g/mol.